The summed E-state index contributed by atoms with van der Waals surface area (Å²) in [6.07, 6.45) is 7.92. The highest BCUT2D eigenvalue weighted by Crippen LogP contribution is 2.19. The van der Waals surface area contributed by atoms with Gasteiger partial charge in [0.05, 0.1) is 38.8 Å². The number of carbonyl (C=O) groups is 2. The molecule has 1 atom stereocenters. The Bertz CT molecular complexity index is 1430. The molecule has 2 aromatic heterocycles. The summed E-state index contributed by atoms with van der Waals surface area (Å²) in [4.78, 5) is 34.9. The maximum absolute atomic E-state index is 13.6. The largest absolute Gasteiger partial charge is 0.361 e. The van der Waals surface area contributed by atoms with E-state index >= 15 is 0 Å². The fraction of sp³-hybridized carbons (Fsp3) is 0.471. The van der Waals surface area contributed by atoms with Gasteiger partial charge in [-0.1, -0.05) is 36.4 Å². The Morgan fingerprint density at radius 1 is 0.857 bits per heavy atom. The van der Waals surface area contributed by atoms with Gasteiger partial charge < -0.3 is 30.4 Å². The number of aromatic nitrogens is 2. The molecular formula is C34H49N6O2+. The number of nitrogens with two attached hydrogens (primary N) is 1. The second-order valence-corrected chi connectivity index (χ2v) is 11.4. The molecule has 5 N–H and O–H groups in total. The molecule has 0 radical (unpaired) electrons. The summed E-state index contributed by atoms with van der Waals surface area (Å²) in [5.41, 5.74) is 10.9. The molecule has 0 fully saturated rings. The van der Waals surface area contributed by atoms with Gasteiger partial charge in [0.2, 0.25) is 11.8 Å². The molecule has 0 saturated carbocycles. The van der Waals surface area contributed by atoms with Crippen molar-refractivity contribution >= 4 is 33.6 Å². The van der Waals surface area contributed by atoms with E-state index in [-0.39, 0.29) is 18.4 Å². The molecule has 0 aliphatic rings. The maximum atomic E-state index is 13.6. The summed E-state index contributed by atoms with van der Waals surface area (Å²) >= 11 is 0. The number of rotatable bonds is 17. The first-order valence-corrected chi connectivity index (χ1v) is 15.7. The van der Waals surface area contributed by atoms with Crippen molar-refractivity contribution in [2.45, 2.75) is 58.9 Å². The van der Waals surface area contributed by atoms with Gasteiger partial charge in [-0.2, -0.15) is 0 Å². The highest BCUT2D eigenvalue weighted by atomic mass is 16.2. The van der Waals surface area contributed by atoms with Crippen molar-refractivity contribution in [1.29, 1.82) is 0 Å². The highest BCUT2D eigenvalue weighted by molar-refractivity contribution is 5.88. The first-order chi connectivity index (χ1) is 20.4. The van der Waals surface area contributed by atoms with Crippen molar-refractivity contribution in [3.05, 3.63) is 72.1 Å². The number of para-hydroxylation sites is 2. The Labute approximate surface area is 250 Å². The van der Waals surface area contributed by atoms with Gasteiger partial charge in [0.1, 0.15) is 0 Å². The highest BCUT2D eigenvalue weighted by Gasteiger charge is 2.25. The van der Waals surface area contributed by atoms with Crippen LogP contribution < -0.4 is 11.1 Å². The molecular weight excluding hydrogens is 524 g/mol. The Kier molecular flexibility index (Phi) is 11.2. The number of aromatic amines is 2. The fourth-order valence-corrected chi connectivity index (χ4v) is 6.08. The lowest BCUT2D eigenvalue weighted by Gasteiger charge is -2.36. The van der Waals surface area contributed by atoms with Crippen molar-refractivity contribution in [2.24, 2.45) is 5.73 Å². The van der Waals surface area contributed by atoms with Gasteiger partial charge in [-0.25, -0.2) is 0 Å². The van der Waals surface area contributed by atoms with Crippen molar-refractivity contribution in [3.8, 4) is 0 Å². The first kappa shape index (κ1) is 31.3. The summed E-state index contributed by atoms with van der Waals surface area (Å²) in [6.45, 7) is 12.2. The third-order valence-electron chi connectivity index (χ3n) is 9.09. The minimum atomic E-state index is -0.612. The van der Waals surface area contributed by atoms with E-state index in [0.29, 0.717) is 32.4 Å². The van der Waals surface area contributed by atoms with Crippen LogP contribution in [0.5, 0.6) is 0 Å². The second-order valence-electron chi connectivity index (χ2n) is 11.4. The molecule has 42 heavy (non-hydrogen) atoms. The number of hydrogen-bond donors (Lipinski definition) is 4. The van der Waals surface area contributed by atoms with Gasteiger partial charge in [-0.05, 0) is 76.1 Å². The molecule has 8 nitrogen and oxygen atoms in total. The molecule has 0 spiro atoms. The zero-order valence-electron chi connectivity index (χ0n) is 25.6. The molecule has 2 heterocycles. The number of amides is 2. The number of unbranched alkanes of at least 4 members (excludes halogenated alkanes) is 1. The lowest BCUT2D eigenvalue weighted by atomic mass is 10.1. The smallest absolute Gasteiger partial charge is 0.239 e. The Hall–Kier alpha value is -3.62. The van der Waals surface area contributed by atoms with Gasteiger partial charge in [0, 0.05) is 47.3 Å². The standard InChI is InChI=1S/C34H48N6O2/c1-4-40(5-2,6-3)22-12-11-15-30(35)34(42)39(21-19-27-24-38-32-17-10-8-14-29(27)32)25-33(41)36-20-18-26-23-37-31-16-9-7-13-28(26)31/h7-10,13-14,16-17,23-24,30,37-38H,4-6,11-12,15,18-22,25,35H2,1-3H3/p+1/t30-/m0/s1. The molecule has 226 valence electrons. The molecule has 0 saturated heterocycles. The quantitative estimate of drug-likeness (QED) is 0.108. The number of carbonyl (C=O) groups excluding carboxylic acids is 2. The molecule has 4 rings (SSSR count). The van der Waals surface area contributed by atoms with Crippen LogP contribution in [0.1, 0.15) is 51.2 Å². The number of H-pyrrole nitrogens is 2. The molecule has 2 amide bonds. The predicted molar refractivity (Wildman–Crippen MR) is 172 cm³/mol. The van der Waals surface area contributed by atoms with Crippen LogP contribution in [-0.2, 0) is 22.4 Å². The van der Waals surface area contributed by atoms with Crippen LogP contribution in [-0.4, -0.2) is 83.0 Å². The van der Waals surface area contributed by atoms with Gasteiger partial charge in [0.25, 0.3) is 0 Å². The molecule has 0 aliphatic carbocycles. The van der Waals surface area contributed by atoms with Crippen LogP contribution in [0.2, 0.25) is 0 Å². The van der Waals surface area contributed by atoms with E-state index in [1.165, 1.54) is 5.39 Å². The van der Waals surface area contributed by atoms with E-state index in [4.69, 9.17) is 5.73 Å². The van der Waals surface area contributed by atoms with Gasteiger partial charge in [-0.3, -0.25) is 9.59 Å². The molecule has 2 aromatic carbocycles. The predicted octanol–water partition coefficient (Wildman–Crippen LogP) is 4.75. The molecule has 0 aliphatic heterocycles. The average molecular weight is 574 g/mol. The van der Waals surface area contributed by atoms with Crippen molar-refractivity contribution < 1.29 is 14.1 Å². The number of benzene rings is 2. The third kappa shape index (κ3) is 7.81. The van der Waals surface area contributed by atoms with Gasteiger partial charge >= 0.3 is 0 Å². The fourth-order valence-electron chi connectivity index (χ4n) is 6.08. The number of quaternary nitrogens is 1. The lowest BCUT2D eigenvalue weighted by Crippen LogP contribution is -2.49. The van der Waals surface area contributed by atoms with Crippen LogP contribution >= 0.6 is 0 Å². The summed E-state index contributed by atoms with van der Waals surface area (Å²) in [5.74, 6) is -0.311. The Morgan fingerprint density at radius 2 is 1.43 bits per heavy atom. The van der Waals surface area contributed by atoms with Crippen LogP contribution in [0.3, 0.4) is 0 Å². The third-order valence-corrected chi connectivity index (χ3v) is 9.09. The van der Waals surface area contributed by atoms with E-state index in [1.807, 2.05) is 48.8 Å². The maximum Gasteiger partial charge on any atom is 0.239 e. The van der Waals surface area contributed by atoms with Crippen molar-refractivity contribution in [3.63, 3.8) is 0 Å². The number of hydrogen-bond acceptors (Lipinski definition) is 3. The van der Waals surface area contributed by atoms with Gasteiger partial charge in [-0.15, -0.1) is 0 Å². The van der Waals surface area contributed by atoms with E-state index < -0.39 is 6.04 Å². The normalized spacial score (nSPS) is 12.6. The molecule has 4 aromatic rings. The number of fused-ring (bicyclic) bond motifs is 2. The van der Waals surface area contributed by atoms with Crippen LogP contribution in [0.25, 0.3) is 21.8 Å². The van der Waals surface area contributed by atoms with E-state index in [9.17, 15) is 9.59 Å². The Balaban J connectivity index is 1.35. The molecule has 0 unspecified atom stereocenters. The van der Waals surface area contributed by atoms with Crippen molar-refractivity contribution in [2.75, 3.05) is 45.8 Å². The Morgan fingerprint density at radius 3 is 2.02 bits per heavy atom. The number of nitrogens with zero attached hydrogens (tertiary/aromatic N) is 2. The molecule has 8 heteroatoms. The summed E-state index contributed by atoms with van der Waals surface area (Å²) in [6, 6.07) is 15.7. The zero-order chi connectivity index (χ0) is 30.0. The van der Waals surface area contributed by atoms with Gasteiger partial charge in [0.15, 0.2) is 0 Å². The topological polar surface area (TPSA) is 107 Å². The summed E-state index contributed by atoms with van der Waals surface area (Å²) in [5, 5.41) is 5.33. The summed E-state index contributed by atoms with van der Waals surface area (Å²) < 4.78 is 1.10. The average Bonchev–Trinajstić information content (AvgIpc) is 3.63. The lowest BCUT2D eigenvalue weighted by molar-refractivity contribution is -0.923. The molecule has 0 bridgehead atoms. The van der Waals surface area contributed by atoms with Crippen LogP contribution in [0.15, 0.2) is 60.9 Å². The van der Waals surface area contributed by atoms with E-state index in [0.717, 1.165) is 71.1 Å². The summed E-state index contributed by atoms with van der Waals surface area (Å²) in [7, 11) is 0. The van der Waals surface area contributed by atoms with E-state index in [1.54, 1.807) is 4.90 Å². The monoisotopic (exact) mass is 573 g/mol. The number of nitrogens with one attached hydrogen (secondary N) is 3. The first-order valence-electron chi connectivity index (χ1n) is 15.7. The minimum Gasteiger partial charge on any atom is -0.361 e. The zero-order valence-corrected chi connectivity index (χ0v) is 25.6. The van der Waals surface area contributed by atoms with Crippen LogP contribution in [0, 0.1) is 0 Å². The van der Waals surface area contributed by atoms with Crippen LogP contribution in [0.4, 0.5) is 0 Å². The minimum absolute atomic E-state index is 0.00424. The second kappa shape index (κ2) is 15.0. The van der Waals surface area contributed by atoms with E-state index in [2.05, 4.69) is 48.2 Å². The SMILES string of the molecule is CC[N+](CC)(CC)CCCC[C@H](N)C(=O)N(CCc1c[nH]c2ccccc12)CC(=O)NCCc1c[nH]c2ccccc12. The van der Waals surface area contributed by atoms with Crippen molar-refractivity contribution in [1.82, 2.24) is 20.2 Å².